The zero-order valence-corrected chi connectivity index (χ0v) is 21.1. The molecule has 1 aromatic carbocycles. The van der Waals surface area contributed by atoms with Crippen molar-refractivity contribution < 1.29 is 14.3 Å². The van der Waals surface area contributed by atoms with Gasteiger partial charge in [-0.25, -0.2) is 0 Å². The average molecular weight is 457 g/mol. The van der Waals surface area contributed by atoms with Crippen molar-refractivity contribution in [2.24, 2.45) is 0 Å². The molecule has 0 aliphatic rings. The number of hydrogen-bond acceptors (Lipinski definition) is 3. The van der Waals surface area contributed by atoms with Crippen molar-refractivity contribution in [2.45, 2.75) is 116 Å². The zero-order valence-electron chi connectivity index (χ0n) is 21.1. The first-order valence-electron chi connectivity index (χ1n) is 13.3. The molecule has 0 radical (unpaired) electrons. The SMILES string of the molecule is C[C@H](C/C=C/CC/C=C\CCCCCCCCCCCCC=O)OCOCc1ccccc1. The third kappa shape index (κ3) is 20.6. The average Bonchev–Trinajstić information content (AvgIpc) is 2.84. The van der Waals surface area contributed by atoms with Gasteiger partial charge >= 0.3 is 0 Å². The molecule has 3 nitrogen and oxygen atoms in total. The summed E-state index contributed by atoms with van der Waals surface area (Å²) in [6.45, 7) is 3.03. The lowest BCUT2D eigenvalue weighted by Gasteiger charge is -2.11. The van der Waals surface area contributed by atoms with E-state index >= 15 is 0 Å². The molecule has 3 heteroatoms. The molecular weight excluding hydrogens is 408 g/mol. The molecule has 33 heavy (non-hydrogen) atoms. The van der Waals surface area contributed by atoms with Crippen molar-refractivity contribution in [2.75, 3.05) is 6.79 Å². The number of allylic oxidation sites excluding steroid dienone is 3. The minimum absolute atomic E-state index is 0.181. The molecule has 0 unspecified atom stereocenters. The quantitative estimate of drug-likeness (QED) is 0.0714. The minimum atomic E-state index is 0.181. The van der Waals surface area contributed by atoms with E-state index in [2.05, 4.69) is 43.4 Å². The normalized spacial score (nSPS) is 12.6. The first-order chi connectivity index (χ1) is 16.3. The van der Waals surface area contributed by atoms with Crippen LogP contribution in [0.5, 0.6) is 0 Å². The Hall–Kier alpha value is -1.71. The van der Waals surface area contributed by atoms with Crippen LogP contribution in [0.4, 0.5) is 0 Å². The molecule has 0 aliphatic carbocycles. The second-order valence-corrected chi connectivity index (χ2v) is 8.96. The van der Waals surface area contributed by atoms with Crippen molar-refractivity contribution in [3.05, 3.63) is 60.2 Å². The Labute approximate surface area is 203 Å². The number of rotatable bonds is 23. The summed E-state index contributed by atoms with van der Waals surface area (Å²) < 4.78 is 11.3. The van der Waals surface area contributed by atoms with Crippen molar-refractivity contribution in [3.8, 4) is 0 Å². The molecule has 1 rings (SSSR count). The van der Waals surface area contributed by atoms with Gasteiger partial charge in [-0.1, -0.05) is 106 Å². The Morgan fingerprint density at radius 1 is 0.697 bits per heavy atom. The van der Waals surface area contributed by atoms with Crippen molar-refractivity contribution in [1.29, 1.82) is 0 Å². The molecule has 0 heterocycles. The van der Waals surface area contributed by atoms with E-state index in [1.807, 2.05) is 18.2 Å². The molecule has 0 aliphatic heterocycles. The lowest BCUT2D eigenvalue weighted by atomic mass is 10.1. The van der Waals surface area contributed by atoms with Crippen LogP contribution in [0.1, 0.15) is 109 Å². The standard InChI is InChI=1S/C30H48O3/c1-29(33-28-32-27-30-24-20-18-21-25-30)23-19-16-14-12-10-8-6-4-2-3-5-7-9-11-13-15-17-22-26-31/h8,10,16,18-21,24-26,29H,2-7,9,11-15,17,22-23,27-28H2,1H3/b10-8-,19-16+/t29-/m1/s1. The fraction of sp³-hybridized carbons (Fsp3) is 0.633. The van der Waals surface area contributed by atoms with Gasteiger partial charge in [-0.3, -0.25) is 0 Å². The summed E-state index contributed by atoms with van der Waals surface area (Å²) in [6, 6.07) is 10.2. The van der Waals surface area contributed by atoms with Gasteiger partial charge in [-0.05, 0) is 51.0 Å². The molecule has 0 saturated heterocycles. The third-order valence-corrected chi connectivity index (χ3v) is 5.79. The molecule has 0 spiro atoms. The van der Waals surface area contributed by atoms with Crippen LogP contribution in [-0.4, -0.2) is 19.2 Å². The minimum Gasteiger partial charge on any atom is -0.352 e. The van der Waals surface area contributed by atoms with E-state index < -0.39 is 0 Å². The maximum absolute atomic E-state index is 10.2. The zero-order chi connectivity index (χ0) is 23.7. The Balaban J connectivity index is 1.80. The molecular formula is C30H48O3. The summed E-state index contributed by atoms with van der Waals surface area (Å²) in [5.41, 5.74) is 1.17. The first-order valence-corrected chi connectivity index (χ1v) is 13.3. The molecule has 0 N–H and O–H groups in total. The third-order valence-electron chi connectivity index (χ3n) is 5.79. The van der Waals surface area contributed by atoms with Crippen LogP contribution in [0.2, 0.25) is 0 Å². The number of aldehydes is 1. The van der Waals surface area contributed by atoms with Gasteiger partial charge in [0.1, 0.15) is 13.1 Å². The summed E-state index contributed by atoms with van der Waals surface area (Å²) in [4.78, 5) is 10.2. The van der Waals surface area contributed by atoms with Gasteiger partial charge < -0.3 is 14.3 Å². The van der Waals surface area contributed by atoms with Gasteiger partial charge in [0.15, 0.2) is 0 Å². The van der Waals surface area contributed by atoms with Gasteiger partial charge in [0.2, 0.25) is 0 Å². The molecule has 1 aromatic rings. The van der Waals surface area contributed by atoms with Crippen LogP contribution >= 0.6 is 0 Å². The summed E-state index contributed by atoms with van der Waals surface area (Å²) in [5.74, 6) is 0. The number of unbranched alkanes of at least 4 members (excludes halogenated alkanes) is 12. The predicted octanol–water partition coefficient (Wildman–Crippen LogP) is 8.73. The van der Waals surface area contributed by atoms with Crippen molar-refractivity contribution in [3.63, 3.8) is 0 Å². The number of benzene rings is 1. The van der Waals surface area contributed by atoms with E-state index in [-0.39, 0.29) is 6.10 Å². The van der Waals surface area contributed by atoms with Gasteiger partial charge in [-0.15, -0.1) is 0 Å². The second kappa shape index (κ2) is 23.4. The number of ether oxygens (including phenoxy) is 2. The monoisotopic (exact) mass is 456 g/mol. The maximum Gasteiger partial charge on any atom is 0.147 e. The molecule has 0 aromatic heterocycles. The van der Waals surface area contributed by atoms with Crippen LogP contribution in [-0.2, 0) is 20.9 Å². The fourth-order valence-electron chi connectivity index (χ4n) is 3.70. The highest BCUT2D eigenvalue weighted by molar-refractivity contribution is 5.48. The Bertz CT molecular complexity index is 594. The lowest BCUT2D eigenvalue weighted by molar-refractivity contribution is -0.107. The summed E-state index contributed by atoms with van der Waals surface area (Å²) in [5, 5.41) is 0. The maximum atomic E-state index is 10.2. The van der Waals surface area contributed by atoms with Gasteiger partial charge in [0, 0.05) is 6.42 Å². The highest BCUT2D eigenvalue weighted by Gasteiger charge is 1.99. The van der Waals surface area contributed by atoms with E-state index in [0.717, 1.165) is 38.4 Å². The lowest BCUT2D eigenvalue weighted by Crippen LogP contribution is -2.10. The highest BCUT2D eigenvalue weighted by atomic mass is 16.7. The van der Waals surface area contributed by atoms with E-state index in [1.54, 1.807) is 0 Å². The van der Waals surface area contributed by atoms with Crippen molar-refractivity contribution >= 4 is 6.29 Å². The molecule has 0 saturated carbocycles. The van der Waals surface area contributed by atoms with Gasteiger partial charge in [0.25, 0.3) is 0 Å². The number of carbonyl (C=O) groups excluding carboxylic acids is 1. The fourth-order valence-corrected chi connectivity index (χ4v) is 3.70. The van der Waals surface area contributed by atoms with E-state index in [4.69, 9.17) is 9.47 Å². The summed E-state index contributed by atoms with van der Waals surface area (Å²) >= 11 is 0. The van der Waals surface area contributed by atoms with E-state index in [1.165, 1.54) is 69.8 Å². The molecule has 0 fully saturated rings. The second-order valence-electron chi connectivity index (χ2n) is 8.96. The van der Waals surface area contributed by atoms with Crippen LogP contribution in [0.3, 0.4) is 0 Å². The van der Waals surface area contributed by atoms with E-state index in [9.17, 15) is 4.79 Å². The molecule has 0 bridgehead atoms. The Morgan fingerprint density at radius 3 is 1.88 bits per heavy atom. The smallest absolute Gasteiger partial charge is 0.147 e. The van der Waals surface area contributed by atoms with Crippen LogP contribution < -0.4 is 0 Å². The Morgan fingerprint density at radius 2 is 1.24 bits per heavy atom. The van der Waals surface area contributed by atoms with Crippen molar-refractivity contribution in [1.82, 2.24) is 0 Å². The largest absolute Gasteiger partial charge is 0.352 e. The molecule has 0 amide bonds. The number of hydrogen-bond donors (Lipinski definition) is 0. The molecule has 186 valence electrons. The number of carbonyl (C=O) groups is 1. The van der Waals surface area contributed by atoms with Crippen LogP contribution in [0.15, 0.2) is 54.6 Å². The Kier molecular flexibility index (Phi) is 20.8. The van der Waals surface area contributed by atoms with Crippen LogP contribution in [0, 0.1) is 0 Å². The van der Waals surface area contributed by atoms with E-state index in [0.29, 0.717) is 13.4 Å². The molecule has 1 atom stereocenters. The van der Waals surface area contributed by atoms with Gasteiger partial charge in [0.05, 0.1) is 12.7 Å². The summed E-state index contributed by atoms with van der Waals surface area (Å²) in [7, 11) is 0. The van der Waals surface area contributed by atoms with Gasteiger partial charge in [-0.2, -0.15) is 0 Å². The summed E-state index contributed by atoms with van der Waals surface area (Å²) in [6.07, 6.45) is 28.6. The van der Waals surface area contributed by atoms with Crippen LogP contribution in [0.25, 0.3) is 0 Å². The predicted molar refractivity (Wildman–Crippen MR) is 140 cm³/mol. The first kappa shape index (κ1) is 29.3. The topological polar surface area (TPSA) is 35.5 Å². The highest BCUT2D eigenvalue weighted by Crippen LogP contribution is 2.12.